The van der Waals surface area contributed by atoms with Crippen molar-refractivity contribution in [3.8, 4) is 5.75 Å². The number of aromatic hydroxyl groups is 1. The highest BCUT2D eigenvalue weighted by Gasteiger charge is 2.46. The Morgan fingerprint density at radius 1 is 1.12 bits per heavy atom. The lowest BCUT2D eigenvalue weighted by molar-refractivity contribution is -0.154. The van der Waals surface area contributed by atoms with Crippen LogP contribution >= 0.6 is 22.7 Å². The first-order valence-corrected chi connectivity index (χ1v) is 19.0. The number of aliphatic hydroxyl groups excluding tert-OH is 1. The van der Waals surface area contributed by atoms with Crippen molar-refractivity contribution < 1.29 is 29.6 Å². The second-order valence-electron chi connectivity index (χ2n) is 13.4. The molecule has 0 aliphatic heterocycles. The summed E-state index contributed by atoms with van der Waals surface area (Å²) in [5.41, 5.74) is 2.00. The Balaban J connectivity index is 1.06. The zero-order valence-electron chi connectivity index (χ0n) is 28.5. The maximum atomic E-state index is 13.1. The largest absolute Gasteiger partial charge is 0.506 e. The van der Waals surface area contributed by atoms with Crippen LogP contribution in [0.3, 0.4) is 0 Å². The average Bonchev–Trinajstić information content (AvgIpc) is 3.90. The van der Waals surface area contributed by atoms with Crippen molar-refractivity contribution >= 4 is 56.3 Å². The van der Waals surface area contributed by atoms with Crippen LogP contribution in [0.25, 0.3) is 22.0 Å². The number of fused-ring (bicyclic) bond motifs is 2. The van der Waals surface area contributed by atoms with Gasteiger partial charge in [0.15, 0.2) is 5.58 Å². The molecular formula is C38H40N4O8S2. The molecule has 1 aliphatic rings. The van der Waals surface area contributed by atoms with E-state index in [1.165, 1.54) is 34.8 Å². The number of nitrogens with zero attached hydrogens (tertiary/aromatic N) is 2. The number of aromatic nitrogens is 2. The monoisotopic (exact) mass is 744 g/mol. The van der Waals surface area contributed by atoms with Crippen LogP contribution in [0.15, 0.2) is 79.4 Å². The summed E-state index contributed by atoms with van der Waals surface area (Å²) in [4.78, 5) is 42.9. The lowest BCUT2D eigenvalue weighted by atomic mass is 9.80. The highest BCUT2D eigenvalue weighted by Crippen LogP contribution is 2.49. The predicted octanol–water partition coefficient (Wildman–Crippen LogP) is 5.59. The van der Waals surface area contributed by atoms with Gasteiger partial charge in [-0.15, -0.1) is 22.7 Å². The number of benzene rings is 2. The number of thiophene rings is 2. The second kappa shape index (κ2) is 14.7. The topological polar surface area (TPSA) is 181 Å². The smallest absolute Gasteiger partial charge is 0.420 e. The fourth-order valence-electron chi connectivity index (χ4n) is 7.33. The minimum atomic E-state index is -2.14. The van der Waals surface area contributed by atoms with Gasteiger partial charge >= 0.3 is 11.7 Å². The number of H-pyrrole nitrogens is 1. The lowest BCUT2D eigenvalue weighted by Gasteiger charge is -2.30. The zero-order chi connectivity index (χ0) is 36.6. The molecule has 2 atom stereocenters. The number of aromatic amines is 1. The highest BCUT2D eigenvalue weighted by atomic mass is 32.1. The Morgan fingerprint density at radius 2 is 1.92 bits per heavy atom. The third-order valence-electron chi connectivity index (χ3n) is 10.1. The number of phenolic OH excluding ortho intramolecular Hbond substituents is 1. The molecular weight excluding hydrogens is 705 g/mol. The molecule has 272 valence electrons. The van der Waals surface area contributed by atoms with E-state index >= 15 is 0 Å². The van der Waals surface area contributed by atoms with E-state index in [1.807, 2.05) is 29.5 Å². The van der Waals surface area contributed by atoms with Gasteiger partial charge in [0.25, 0.3) is 0 Å². The van der Waals surface area contributed by atoms with Gasteiger partial charge in [-0.25, -0.2) is 9.59 Å². The fraction of sp³-hybridized carbons (Fsp3) is 0.342. The summed E-state index contributed by atoms with van der Waals surface area (Å²) >= 11 is 2.50. The van der Waals surface area contributed by atoms with Gasteiger partial charge in [-0.1, -0.05) is 37.5 Å². The van der Waals surface area contributed by atoms with E-state index in [2.05, 4.69) is 10.3 Å². The summed E-state index contributed by atoms with van der Waals surface area (Å²) < 4.78 is 7.23. The standard InChI is InChI=1S/C38H40N4O8S2/c1-41(27-21-52-35(33(27)23-6-3-2-4-7-23)38(49,36(46)47)31-8-5-17-51-31)15-16-42-26-12-9-22(18-30(26)50-37(42)48)19-39-20-29(44)24-10-13-28(43)34-25(24)11-14-32(45)40-34/h5,8-14,17-18,21,23,29,39,43-44,49H,2-4,6-7,15-16,19-20H2,1H3,(H,40,45)(H,46,47)/t29-,38?/m0/s1. The van der Waals surface area contributed by atoms with E-state index in [0.29, 0.717) is 51.4 Å². The van der Waals surface area contributed by atoms with E-state index < -0.39 is 23.4 Å². The summed E-state index contributed by atoms with van der Waals surface area (Å²) in [5.74, 6) is -1.74. The molecule has 7 rings (SSSR count). The quantitative estimate of drug-likeness (QED) is 0.0873. The van der Waals surface area contributed by atoms with Gasteiger partial charge in [-0.3, -0.25) is 9.36 Å². The van der Waals surface area contributed by atoms with E-state index in [4.69, 9.17) is 4.42 Å². The number of likely N-dealkylation sites (N-methyl/N-ethyl adjacent to an activating group) is 1. The summed E-state index contributed by atoms with van der Waals surface area (Å²) in [6.45, 7) is 1.34. The van der Waals surface area contributed by atoms with Crippen molar-refractivity contribution in [3.63, 3.8) is 0 Å². The number of aliphatic hydroxyl groups is 2. The average molecular weight is 745 g/mol. The van der Waals surface area contributed by atoms with Crippen LogP contribution in [0.1, 0.15) is 70.6 Å². The number of anilines is 1. The zero-order valence-corrected chi connectivity index (χ0v) is 30.1. The Bertz CT molecular complexity index is 2340. The summed E-state index contributed by atoms with van der Waals surface area (Å²) in [7, 11) is 1.93. The molecule has 6 N–H and O–H groups in total. The molecule has 1 unspecified atom stereocenters. The molecule has 14 heteroatoms. The minimum absolute atomic E-state index is 0.0758. The second-order valence-corrected chi connectivity index (χ2v) is 15.2. The lowest BCUT2D eigenvalue weighted by Crippen LogP contribution is -2.36. The molecule has 0 saturated heterocycles. The van der Waals surface area contributed by atoms with Crippen molar-refractivity contribution in [2.75, 3.05) is 25.0 Å². The normalized spacial score (nSPS) is 15.6. The van der Waals surface area contributed by atoms with Crippen LogP contribution < -0.4 is 21.5 Å². The summed E-state index contributed by atoms with van der Waals surface area (Å²) in [6, 6.07) is 14.9. The molecule has 0 amide bonds. The minimum Gasteiger partial charge on any atom is -0.506 e. The Kier molecular flexibility index (Phi) is 10.1. The van der Waals surface area contributed by atoms with Gasteiger partial charge in [-0.05, 0) is 71.2 Å². The number of carbonyl (C=O) groups is 1. The van der Waals surface area contributed by atoms with Gasteiger partial charge in [0.05, 0.1) is 32.6 Å². The number of phenols is 1. The van der Waals surface area contributed by atoms with E-state index in [0.717, 1.165) is 48.9 Å². The Hall–Kier alpha value is -4.73. The van der Waals surface area contributed by atoms with Crippen LogP contribution in [0.5, 0.6) is 5.75 Å². The molecule has 2 aromatic carbocycles. The van der Waals surface area contributed by atoms with E-state index in [1.54, 1.807) is 40.3 Å². The number of nitrogens with one attached hydrogen (secondary N) is 2. The molecule has 0 radical (unpaired) electrons. The summed E-state index contributed by atoms with van der Waals surface area (Å²) in [5, 5.41) is 50.7. The number of hydrogen-bond acceptors (Lipinski definition) is 11. The van der Waals surface area contributed by atoms with Crippen LogP contribution in [-0.2, 0) is 23.5 Å². The predicted molar refractivity (Wildman–Crippen MR) is 202 cm³/mol. The van der Waals surface area contributed by atoms with Crippen molar-refractivity contribution in [2.24, 2.45) is 0 Å². The number of rotatable bonds is 13. The van der Waals surface area contributed by atoms with Gasteiger partial charge in [0.1, 0.15) is 5.75 Å². The Labute approximate surface area is 306 Å². The van der Waals surface area contributed by atoms with Gasteiger partial charge in [-0.2, -0.15) is 0 Å². The van der Waals surface area contributed by atoms with Crippen molar-refractivity contribution in [2.45, 2.75) is 62.8 Å². The highest BCUT2D eigenvalue weighted by molar-refractivity contribution is 7.12. The number of carboxylic acid groups (broad SMARTS) is 1. The Morgan fingerprint density at radius 3 is 2.67 bits per heavy atom. The van der Waals surface area contributed by atoms with Crippen molar-refractivity contribution in [1.82, 2.24) is 14.9 Å². The number of carboxylic acids is 1. The van der Waals surface area contributed by atoms with Gasteiger partial charge in [0.2, 0.25) is 11.2 Å². The van der Waals surface area contributed by atoms with Crippen LogP contribution in [0, 0.1) is 0 Å². The molecule has 6 aromatic rings. The molecule has 12 nitrogen and oxygen atoms in total. The van der Waals surface area contributed by atoms with Crippen molar-refractivity contribution in [1.29, 1.82) is 0 Å². The first-order valence-electron chi connectivity index (χ1n) is 17.2. The van der Waals surface area contributed by atoms with E-state index in [9.17, 15) is 34.8 Å². The molecule has 1 aliphatic carbocycles. The molecule has 1 saturated carbocycles. The SMILES string of the molecule is CN(CCn1c(=O)oc2cc(CNC[C@H](O)c3ccc(O)c4[nH]c(=O)ccc34)ccc21)c1csc(C(O)(C(=O)O)c2cccs2)c1C1CCCCC1. The number of oxazole rings is 1. The molecule has 1 fully saturated rings. The first-order chi connectivity index (χ1) is 25.1. The third-order valence-corrected chi connectivity index (χ3v) is 12.1. The maximum absolute atomic E-state index is 13.1. The maximum Gasteiger partial charge on any atom is 0.420 e. The molecule has 4 aromatic heterocycles. The summed E-state index contributed by atoms with van der Waals surface area (Å²) in [6.07, 6.45) is 4.14. The first kappa shape index (κ1) is 35.7. The number of pyridine rings is 1. The molecule has 52 heavy (non-hydrogen) atoms. The van der Waals surface area contributed by atoms with E-state index in [-0.39, 0.29) is 29.3 Å². The van der Waals surface area contributed by atoms with Crippen molar-refractivity contribution in [3.05, 3.63) is 113 Å². The third kappa shape index (κ3) is 6.68. The van der Waals surface area contributed by atoms with Gasteiger partial charge < -0.3 is 40.0 Å². The van der Waals surface area contributed by atoms with Crippen LogP contribution in [0.2, 0.25) is 0 Å². The fourth-order valence-corrected chi connectivity index (χ4v) is 9.52. The van der Waals surface area contributed by atoms with Crippen LogP contribution in [-0.4, -0.2) is 56.1 Å². The van der Waals surface area contributed by atoms with Gasteiger partial charge in [0, 0.05) is 50.1 Å². The molecule has 0 bridgehead atoms. The molecule has 4 heterocycles. The number of hydrogen-bond donors (Lipinski definition) is 6. The number of aliphatic carboxylic acids is 1. The van der Waals surface area contributed by atoms with Crippen LogP contribution in [0.4, 0.5) is 5.69 Å². The molecule has 0 spiro atoms.